The van der Waals surface area contributed by atoms with Crippen molar-refractivity contribution in [3.05, 3.63) is 29.8 Å². The number of rotatable bonds is 6. The maximum absolute atomic E-state index is 12.6. The van der Waals surface area contributed by atoms with Gasteiger partial charge in [0.2, 0.25) is 5.91 Å². The van der Waals surface area contributed by atoms with Crippen LogP contribution in [-0.4, -0.2) is 25.1 Å². The van der Waals surface area contributed by atoms with E-state index in [4.69, 9.17) is 4.74 Å². The fourth-order valence-corrected chi connectivity index (χ4v) is 3.11. The Morgan fingerprint density at radius 1 is 1.41 bits per heavy atom. The highest BCUT2D eigenvalue weighted by Crippen LogP contribution is 2.28. The minimum Gasteiger partial charge on any atom is -0.494 e. The van der Waals surface area contributed by atoms with E-state index < -0.39 is 0 Å². The Bertz CT molecular complexity index is 490. The minimum absolute atomic E-state index is 0.0143. The van der Waals surface area contributed by atoms with Gasteiger partial charge in [0.1, 0.15) is 5.75 Å². The van der Waals surface area contributed by atoms with Crippen molar-refractivity contribution in [2.45, 2.75) is 52.1 Å². The Hall–Kier alpha value is -1.55. The molecule has 0 aliphatic carbocycles. The molecule has 1 aromatic carbocycles. The van der Waals surface area contributed by atoms with Crippen molar-refractivity contribution in [2.24, 2.45) is 5.92 Å². The molecule has 1 fully saturated rings. The summed E-state index contributed by atoms with van der Waals surface area (Å²) in [5, 5.41) is 6.62. The van der Waals surface area contributed by atoms with Gasteiger partial charge in [0.15, 0.2) is 0 Å². The number of piperidine rings is 1. The smallest absolute Gasteiger partial charge is 0.223 e. The van der Waals surface area contributed by atoms with E-state index in [1.54, 1.807) is 0 Å². The van der Waals surface area contributed by atoms with Crippen LogP contribution in [0.1, 0.15) is 51.6 Å². The van der Waals surface area contributed by atoms with E-state index in [2.05, 4.69) is 24.5 Å². The van der Waals surface area contributed by atoms with Crippen LogP contribution in [0.5, 0.6) is 5.75 Å². The molecule has 1 heterocycles. The van der Waals surface area contributed by atoms with Crippen LogP contribution in [0.15, 0.2) is 24.3 Å². The standard InChI is InChI=1S/C18H28N2O2/c1-4-16(15-8-6-7-9-17(15)22-5-2)20-18(21)14-10-11-19-13(3)12-14/h6-9,13-14,16,19H,4-5,10-12H2,1-3H3,(H,20,21)/t13-,14-,16?/m0/s1. The monoisotopic (exact) mass is 304 g/mol. The average molecular weight is 304 g/mol. The Morgan fingerprint density at radius 3 is 2.86 bits per heavy atom. The van der Waals surface area contributed by atoms with E-state index in [0.29, 0.717) is 12.6 Å². The third-order valence-electron chi connectivity index (χ3n) is 4.31. The SMILES string of the molecule is CCOc1ccccc1C(CC)NC(=O)[C@H]1CCN[C@@H](C)C1. The molecule has 22 heavy (non-hydrogen) atoms. The van der Waals surface area contributed by atoms with Gasteiger partial charge in [0, 0.05) is 17.5 Å². The molecule has 0 radical (unpaired) electrons. The van der Waals surface area contributed by atoms with E-state index in [1.165, 1.54) is 0 Å². The van der Waals surface area contributed by atoms with Gasteiger partial charge in [-0.05, 0) is 45.7 Å². The topological polar surface area (TPSA) is 50.4 Å². The summed E-state index contributed by atoms with van der Waals surface area (Å²) in [5.41, 5.74) is 1.07. The summed E-state index contributed by atoms with van der Waals surface area (Å²) in [6, 6.07) is 8.42. The van der Waals surface area contributed by atoms with Crippen molar-refractivity contribution in [1.29, 1.82) is 0 Å². The predicted octanol–water partition coefficient (Wildman–Crippen LogP) is 3.04. The van der Waals surface area contributed by atoms with Gasteiger partial charge in [-0.1, -0.05) is 25.1 Å². The number of hydrogen-bond donors (Lipinski definition) is 2. The lowest BCUT2D eigenvalue weighted by Gasteiger charge is -2.29. The zero-order chi connectivity index (χ0) is 15.9. The number of para-hydroxylation sites is 1. The van der Waals surface area contributed by atoms with E-state index in [-0.39, 0.29) is 17.9 Å². The summed E-state index contributed by atoms with van der Waals surface area (Å²) in [5.74, 6) is 1.16. The first kappa shape index (κ1) is 16.8. The molecule has 1 aromatic rings. The highest BCUT2D eigenvalue weighted by Gasteiger charge is 2.27. The molecule has 1 aliphatic heterocycles. The number of benzene rings is 1. The highest BCUT2D eigenvalue weighted by atomic mass is 16.5. The van der Waals surface area contributed by atoms with Crippen LogP contribution in [0.25, 0.3) is 0 Å². The largest absolute Gasteiger partial charge is 0.494 e. The van der Waals surface area contributed by atoms with Crippen molar-refractivity contribution in [3.63, 3.8) is 0 Å². The van der Waals surface area contributed by atoms with Crippen LogP contribution < -0.4 is 15.4 Å². The first-order chi connectivity index (χ1) is 10.7. The van der Waals surface area contributed by atoms with E-state index in [1.807, 2.05) is 31.2 Å². The lowest BCUT2D eigenvalue weighted by molar-refractivity contribution is -0.126. The number of carbonyl (C=O) groups excluding carboxylic acids is 1. The molecular formula is C18H28N2O2. The van der Waals surface area contributed by atoms with Gasteiger partial charge in [-0.15, -0.1) is 0 Å². The maximum atomic E-state index is 12.6. The Labute approximate surface area is 133 Å². The third-order valence-corrected chi connectivity index (χ3v) is 4.31. The summed E-state index contributed by atoms with van der Waals surface area (Å²) >= 11 is 0. The second-order valence-corrected chi connectivity index (χ2v) is 6.02. The van der Waals surface area contributed by atoms with Gasteiger partial charge in [0.05, 0.1) is 12.6 Å². The van der Waals surface area contributed by atoms with E-state index >= 15 is 0 Å². The summed E-state index contributed by atoms with van der Waals surface area (Å²) < 4.78 is 5.70. The van der Waals surface area contributed by atoms with Crippen LogP contribution in [-0.2, 0) is 4.79 Å². The van der Waals surface area contributed by atoms with Gasteiger partial charge < -0.3 is 15.4 Å². The second-order valence-electron chi connectivity index (χ2n) is 6.02. The van der Waals surface area contributed by atoms with Gasteiger partial charge >= 0.3 is 0 Å². The molecule has 1 saturated heterocycles. The Balaban J connectivity index is 2.07. The predicted molar refractivity (Wildman–Crippen MR) is 89.0 cm³/mol. The number of ether oxygens (including phenoxy) is 1. The van der Waals surface area contributed by atoms with E-state index in [0.717, 1.165) is 37.1 Å². The second kappa shape index (κ2) is 8.18. The molecule has 2 rings (SSSR count). The van der Waals surface area contributed by atoms with Gasteiger partial charge in [0.25, 0.3) is 0 Å². The molecule has 122 valence electrons. The third kappa shape index (κ3) is 4.23. The van der Waals surface area contributed by atoms with Crippen molar-refractivity contribution >= 4 is 5.91 Å². The van der Waals surface area contributed by atoms with Gasteiger partial charge in [-0.2, -0.15) is 0 Å². The lowest BCUT2D eigenvalue weighted by Crippen LogP contribution is -2.43. The average Bonchev–Trinajstić information content (AvgIpc) is 2.53. The van der Waals surface area contributed by atoms with Crippen LogP contribution in [0.4, 0.5) is 0 Å². The Morgan fingerprint density at radius 2 is 2.18 bits per heavy atom. The molecule has 4 nitrogen and oxygen atoms in total. The lowest BCUT2D eigenvalue weighted by atomic mass is 9.91. The van der Waals surface area contributed by atoms with E-state index in [9.17, 15) is 4.79 Å². The molecule has 1 aliphatic rings. The summed E-state index contributed by atoms with van der Waals surface area (Å²) in [4.78, 5) is 12.6. The number of hydrogen-bond acceptors (Lipinski definition) is 3. The van der Waals surface area contributed by atoms with Crippen LogP contribution >= 0.6 is 0 Å². The molecule has 1 amide bonds. The molecule has 2 N–H and O–H groups in total. The normalized spacial score (nSPS) is 22.9. The Kier molecular flexibility index (Phi) is 6.25. The summed E-state index contributed by atoms with van der Waals surface area (Å²) in [6.07, 6.45) is 2.69. The first-order valence-corrected chi connectivity index (χ1v) is 8.41. The van der Waals surface area contributed by atoms with Gasteiger partial charge in [-0.3, -0.25) is 4.79 Å². The van der Waals surface area contributed by atoms with Gasteiger partial charge in [-0.25, -0.2) is 0 Å². The summed E-state index contributed by atoms with van der Waals surface area (Å²) in [6.45, 7) is 7.77. The minimum atomic E-state index is 0.0143. The zero-order valence-electron chi connectivity index (χ0n) is 13.9. The quantitative estimate of drug-likeness (QED) is 0.849. The maximum Gasteiger partial charge on any atom is 0.223 e. The molecule has 0 spiro atoms. The van der Waals surface area contributed by atoms with Crippen molar-refractivity contribution in [2.75, 3.05) is 13.2 Å². The first-order valence-electron chi connectivity index (χ1n) is 8.41. The fraction of sp³-hybridized carbons (Fsp3) is 0.611. The van der Waals surface area contributed by atoms with Crippen LogP contribution in [0.3, 0.4) is 0 Å². The van der Waals surface area contributed by atoms with Crippen LogP contribution in [0.2, 0.25) is 0 Å². The molecule has 0 bridgehead atoms. The molecular weight excluding hydrogens is 276 g/mol. The number of nitrogens with one attached hydrogen (secondary N) is 2. The molecule has 0 saturated carbocycles. The van der Waals surface area contributed by atoms with Crippen molar-refractivity contribution < 1.29 is 9.53 Å². The number of carbonyl (C=O) groups is 1. The molecule has 1 unspecified atom stereocenters. The molecule has 4 heteroatoms. The van der Waals surface area contributed by atoms with Crippen molar-refractivity contribution in [1.82, 2.24) is 10.6 Å². The van der Waals surface area contributed by atoms with Crippen LogP contribution in [0, 0.1) is 5.92 Å². The summed E-state index contributed by atoms with van der Waals surface area (Å²) in [7, 11) is 0. The number of amides is 1. The van der Waals surface area contributed by atoms with Crippen molar-refractivity contribution in [3.8, 4) is 5.75 Å². The highest BCUT2D eigenvalue weighted by molar-refractivity contribution is 5.79. The molecule has 3 atom stereocenters. The fourth-order valence-electron chi connectivity index (χ4n) is 3.11. The zero-order valence-corrected chi connectivity index (χ0v) is 13.9. The molecule has 0 aromatic heterocycles.